The average Bonchev–Trinajstić information content (AvgIpc) is 2.18. The second kappa shape index (κ2) is 5.82. The minimum Gasteiger partial charge on any atom is -0.390 e. The van der Waals surface area contributed by atoms with Crippen LogP contribution in [0, 0.1) is 3.57 Å². The molecule has 2 nitrogen and oxygen atoms in total. The molecule has 0 saturated carbocycles. The van der Waals surface area contributed by atoms with Crippen LogP contribution < -0.4 is 0 Å². The Labute approximate surface area is 105 Å². The third-order valence-electron chi connectivity index (χ3n) is 2.34. The standard InChI is InChI=1S/C12H17IO2/c1-12(14,7-8-15-2)9-10-3-5-11(13)6-4-10/h3-6,14H,7-9H2,1-2H3. The Bertz CT molecular complexity index is 293. The van der Waals surface area contributed by atoms with Gasteiger partial charge in [-0.25, -0.2) is 0 Å². The van der Waals surface area contributed by atoms with E-state index in [1.54, 1.807) is 7.11 Å². The lowest BCUT2D eigenvalue weighted by Gasteiger charge is -2.22. The molecule has 0 aliphatic heterocycles. The largest absolute Gasteiger partial charge is 0.390 e. The molecule has 3 heteroatoms. The predicted molar refractivity (Wildman–Crippen MR) is 70.0 cm³/mol. The number of benzene rings is 1. The van der Waals surface area contributed by atoms with Gasteiger partial charge >= 0.3 is 0 Å². The summed E-state index contributed by atoms with van der Waals surface area (Å²) in [5.41, 5.74) is 0.486. The lowest BCUT2D eigenvalue weighted by molar-refractivity contribution is 0.0249. The first-order valence-electron chi connectivity index (χ1n) is 4.99. The molecule has 0 amide bonds. The molecule has 1 rings (SSSR count). The molecule has 0 saturated heterocycles. The summed E-state index contributed by atoms with van der Waals surface area (Å²) >= 11 is 2.27. The van der Waals surface area contributed by atoms with Gasteiger partial charge in [-0.1, -0.05) is 12.1 Å². The molecule has 1 N–H and O–H groups in total. The molecule has 0 bridgehead atoms. The van der Waals surface area contributed by atoms with Crippen molar-refractivity contribution < 1.29 is 9.84 Å². The molecule has 0 heterocycles. The second-order valence-electron chi connectivity index (χ2n) is 4.04. The Morgan fingerprint density at radius 2 is 1.93 bits per heavy atom. The van der Waals surface area contributed by atoms with Crippen molar-refractivity contribution >= 4 is 22.6 Å². The quantitative estimate of drug-likeness (QED) is 0.845. The lowest BCUT2D eigenvalue weighted by atomic mass is 9.94. The van der Waals surface area contributed by atoms with Crippen molar-refractivity contribution in [2.24, 2.45) is 0 Å². The van der Waals surface area contributed by atoms with Gasteiger partial charge in [0.25, 0.3) is 0 Å². The molecule has 0 aliphatic rings. The highest BCUT2D eigenvalue weighted by Crippen LogP contribution is 2.17. The number of hydrogen-bond acceptors (Lipinski definition) is 2. The van der Waals surface area contributed by atoms with E-state index >= 15 is 0 Å². The Morgan fingerprint density at radius 3 is 2.47 bits per heavy atom. The Morgan fingerprint density at radius 1 is 1.33 bits per heavy atom. The van der Waals surface area contributed by atoms with Crippen LogP contribution in [-0.2, 0) is 11.2 Å². The van der Waals surface area contributed by atoms with E-state index in [-0.39, 0.29) is 0 Å². The van der Waals surface area contributed by atoms with E-state index in [0.29, 0.717) is 19.4 Å². The predicted octanol–water partition coefficient (Wildman–Crippen LogP) is 2.62. The highest BCUT2D eigenvalue weighted by atomic mass is 127. The van der Waals surface area contributed by atoms with Crippen LogP contribution >= 0.6 is 22.6 Å². The maximum Gasteiger partial charge on any atom is 0.0681 e. The number of halogens is 1. The topological polar surface area (TPSA) is 29.5 Å². The van der Waals surface area contributed by atoms with Gasteiger partial charge in [0, 0.05) is 23.7 Å². The van der Waals surface area contributed by atoms with Gasteiger partial charge in [-0.2, -0.15) is 0 Å². The van der Waals surface area contributed by atoms with E-state index in [0.717, 1.165) is 5.56 Å². The van der Waals surface area contributed by atoms with Crippen LogP contribution in [0.15, 0.2) is 24.3 Å². The van der Waals surface area contributed by atoms with Crippen molar-refractivity contribution in [3.8, 4) is 0 Å². The third-order valence-corrected chi connectivity index (χ3v) is 3.06. The van der Waals surface area contributed by atoms with E-state index in [9.17, 15) is 5.11 Å². The maximum atomic E-state index is 10.1. The number of hydrogen-bond donors (Lipinski definition) is 1. The molecule has 0 spiro atoms. The molecular formula is C12H17IO2. The molecule has 0 aromatic heterocycles. The van der Waals surface area contributed by atoms with E-state index < -0.39 is 5.60 Å². The van der Waals surface area contributed by atoms with Gasteiger partial charge in [0.05, 0.1) is 5.60 Å². The SMILES string of the molecule is COCCC(C)(O)Cc1ccc(I)cc1. The molecule has 84 valence electrons. The summed E-state index contributed by atoms with van der Waals surface area (Å²) in [5.74, 6) is 0. The molecule has 0 aliphatic carbocycles. The summed E-state index contributed by atoms with van der Waals surface area (Å²) < 4.78 is 6.19. The van der Waals surface area contributed by atoms with E-state index in [4.69, 9.17) is 4.74 Å². The molecule has 0 fully saturated rings. The van der Waals surface area contributed by atoms with Gasteiger partial charge in [0.1, 0.15) is 0 Å². The summed E-state index contributed by atoms with van der Waals surface area (Å²) in [6, 6.07) is 8.23. The van der Waals surface area contributed by atoms with Crippen LogP contribution in [0.25, 0.3) is 0 Å². The summed E-state index contributed by atoms with van der Waals surface area (Å²) in [5, 5.41) is 10.1. The van der Waals surface area contributed by atoms with E-state index in [1.165, 1.54) is 3.57 Å². The average molecular weight is 320 g/mol. The minimum atomic E-state index is -0.678. The normalized spacial score (nSPS) is 14.9. The van der Waals surface area contributed by atoms with Crippen LogP contribution in [0.1, 0.15) is 18.9 Å². The van der Waals surface area contributed by atoms with E-state index in [1.807, 2.05) is 6.92 Å². The van der Waals surface area contributed by atoms with Gasteiger partial charge in [-0.15, -0.1) is 0 Å². The zero-order valence-corrected chi connectivity index (χ0v) is 11.3. The Balaban J connectivity index is 2.56. The fraction of sp³-hybridized carbons (Fsp3) is 0.500. The Hall–Kier alpha value is -0.130. The van der Waals surface area contributed by atoms with Crippen molar-refractivity contribution in [3.05, 3.63) is 33.4 Å². The fourth-order valence-corrected chi connectivity index (χ4v) is 1.81. The summed E-state index contributed by atoms with van der Waals surface area (Å²) in [4.78, 5) is 0. The first-order valence-corrected chi connectivity index (χ1v) is 6.07. The summed E-state index contributed by atoms with van der Waals surface area (Å²) in [7, 11) is 1.65. The molecule has 1 aromatic rings. The zero-order chi connectivity index (χ0) is 11.3. The second-order valence-corrected chi connectivity index (χ2v) is 5.29. The molecule has 1 aromatic carbocycles. The van der Waals surface area contributed by atoms with E-state index in [2.05, 4.69) is 46.9 Å². The minimum absolute atomic E-state index is 0.595. The highest BCUT2D eigenvalue weighted by molar-refractivity contribution is 14.1. The third kappa shape index (κ3) is 4.95. The van der Waals surface area contributed by atoms with Gasteiger partial charge in [-0.3, -0.25) is 0 Å². The van der Waals surface area contributed by atoms with Gasteiger partial charge in [0.15, 0.2) is 0 Å². The Kier molecular flexibility index (Phi) is 5.02. The van der Waals surface area contributed by atoms with Gasteiger partial charge < -0.3 is 9.84 Å². The van der Waals surface area contributed by atoms with Crippen molar-refractivity contribution in [2.75, 3.05) is 13.7 Å². The molecule has 1 atom stereocenters. The number of methoxy groups -OCH3 is 1. The van der Waals surface area contributed by atoms with Crippen molar-refractivity contribution in [1.82, 2.24) is 0 Å². The molecule has 1 unspecified atom stereocenters. The lowest BCUT2D eigenvalue weighted by Crippen LogP contribution is -2.28. The van der Waals surface area contributed by atoms with Crippen molar-refractivity contribution in [2.45, 2.75) is 25.4 Å². The maximum absolute atomic E-state index is 10.1. The first-order chi connectivity index (χ1) is 7.03. The van der Waals surface area contributed by atoms with Crippen molar-refractivity contribution in [1.29, 1.82) is 0 Å². The van der Waals surface area contributed by atoms with Crippen LogP contribution in [0.3, 0.4) is 0 Å². The number of ether oxygens (including phenoxy) is 1. The van der Waals surface area contributed by atoms with Crippen LogP contribution in [0.2, 0.25) is 0 Å². The zero-order valence-electron chi connectivity index (χ0n) is 9.16. The molecule has 0 radical (unpaired) electrons. The van der Waals surface area contributed by atoms with Gasteiger partial charge in [-0.05, 0) is 53.6 Å². The monoisotopic (exact) mass is 320 g/mol. The van der Waals surface area contributed by atoms with Gasteiger partial charge in [0.2, 0.25) is 0 Å². The van der Waals surface area contributed by atoms with Crippen LogP contribution in [0.4, 0.5) is 0 Å². The molecule has 15 heavy (non-hydrogen) atoms. The molecular weight excluding hydrogens is 303 g/mol. The summed E-state index contributed by atoms with van der Waals surface area (Å²) in [6.45, 7) is 2.45. The van der Waals surface area contributed by atoms with Crippen molar-refractivity contribution in [3.63, 3.8) is 0 Å². The number of rotatable bonds is 5. The summed E-state index contributed by atoms with van der Waals surface area (Å²) in [6.07, 6.45) is 1.34. The van der Waals surface area contributed by atoms with Crippen LogP contribution in [-0.4, -0.2) is 24.4 Å². The smallest absolute Gasteiger partial charge is 0.0681 e. The highest BCUT2D eigenvalue weighted by Gasteiger charge is 2.20. The number of aliphatic hydroxyl groups is 1. The first kappa shape index (κ1) is 12.9. The fourth-order valence-electron chi connectivity index (χ4n) is 1.45. The van der Waals surface area contributed by atoms with Crippen LogP contribution in [0.5, 0.6) is 0 Å².